The van der Waals surface area contributed by atoms with Crippen LogP contribution in [0.3, 0.4) is 0 Å². The molecule has 1 N–H and O–H groups in total. The molecule has 1 aromatic carbocycles. The van der Waals surface area contributed by atoms with E-state index in [1.807, 2.05) is 36.4 Å². The first-order chi connectivity index (χ1) is 9.56. The van der Waals surface area contributed by atoms with E-state index >= 15 is 0 Å². The number of amides is 1. The number of carbonyl (C=O) groups excluding carboxylic acids is 1. The Hall–Kier alpha value is -2.23. The normalized spacial score (nSPS) is 11.9. The summed E-state index contributed by atoms with van der Waals surface area (Å²) < 4.78 is 5.33. The maximum atomic E-state index is 11.9. The highest BCUT2D eigenvalue weighted by Gasteiger charge is 2.10. The van der Waals surface area contributed by atoms with Crippen molar-refractivity contribution in [2.24, 2.45) is 0 Å². The molecule has 0 saturated heterocycles. The predicted molar refractivity (Wildman–Crippen MR) is 80.0 cm³/mol. The van der Waals surface area contributed by atoms with E-state index in [1.54, 1.807) is 25.3 Å². The standard InChI is InChI=1S/C16H20N2O2/c1-12(10-15-8-5-9-20-15)17-14-7-4-6-13(11-14)16(19)18(2)3/h4-9,11-12,17H,10H2,1-3H3. The van der Waals surface area contributed by atoms with Crippen LogP contribution in [0.2, 0.25) is 0 Å². The Morgan fingerprint density at radius 3 is 2.75 bits per heavy atom. The Balaban J connectivity index is 2.02. The number of nitrogens with zero attached hydrogens (tertiary/aromatic N) is 1. The maximum absolute atomic E-state index is 11.9. The Morgan fingerprint density at radius 1 is 1.30 bits per heavy atom. The molecule has 1 atom stereocenters. The first kappa shape index (κ1) is 14.2. The maximum Gasteiger partial charge on any atom is 0.253 e. The summed E-state index contributed by atoms with van der Waals surface area (Å²) in [4.78, 5) is 13.5. The molecule has 106 valence electrons. The fourth-order valence-electron chi connectivity index (χ4n) is 2.07. The smallest absolute Gasteiger partial charge is 0.253 e. The van der Waals surface area contributed by atoms with Gasteiger partial charge >= 0.3 is 0 Å². The summed E-state index contributed by atoms with van der Waals surface area (Å²) in [6.07, 6.45) is 2.48. The Kier molecular flexibility index (Phi) is 4.45. The summed E-state index contributed by atoms with van der Waals surface area (Å²) in [5, 5.41) is 3.38. The van der Waals surface area contributed by atoms with E-state index < -0.39 is 0 Å². The fraction of sp³-hybridized carbons (Fsp3) is 0.312. The van der Waals surface area contributed by atoms with Crippen molar-refractivity contribution in [3.05, 3.63) is 54.0 Å². The molecule has 0 saturated carbocycles. The van der Waals surface area contributed by atoms with Gasteiger partial charge in [0, 0.05) is 37.8 Å². The van der Waals surface area contributed by atoms with Gasteiger partial charge in [0.25, 0.3) is 5.91 Å². The van der Waals surface area contributed by atoms with Gasteiger partial charge < -0.3 is 14.6 Å². The second kappa shape index (κ2) is 6.28. The van der Waals surface area contributed by atoms with Crippen molar-refractivity contribution >= 4 is 11.6 Å². The zero-order valence-electron chi connectivity index (χ0n) is 12.1. The molecule has 0 aliphatic rings. The van der Waals surface area contributed by atoms with E-state index in [0.717, 1.165) is 17.9 Å². The molecule has 1 aromatic heterocycles. The third kappa shape index (κ3) is 3.63. The largest absolute Gasteiger partial charge is 0.469 e. The Morgan fingerprint density at radius 2 is 2.10 bits per heavy atom. The molecular formula is C16H20N2O2. The molecule has 1 heterocycles. The summed E-state index contributed by atoms with van der Waals surface area (Å²) in [5.41, 5.74) is 1.63. The lowest BCUT2D eigenvalue weighted by molar-refractivity contribution is 0.0827. The highest BCUT2D eigenvalue weighted by atomic mass is 16.3. The van der Waals surface area contributed by atoms with Crippen LogP contribution in [0.15, 0.2) is 47.1 Å². The monoisotopic (exact) mass is 272 g/mol. The van der Waals surface area contributed by atoms with E-state index in [1.165, 1.54) is 0 Å². The van der Waals surface area contributed by atoms with Gasteiger partial charge in [0.1, 0.15) is 5.76 Å². The average Bonchev–Trinajstić information content (AvgIpc) is 2.90. The van der Waals surface area contributed by atoms with Gasteiger partial charge in [0.05, 0.1) is 6.26 Å². The van der Waals surface area contributed by atoms with Crippen molar-refractivity contribution in [3.63, 3.8) is 0 Å². The number of nitrogens with one attached hydrogen (secondary N) is 1. The van der Waals surface area contributed by atoms with Crippen molar-refractivity contribution in [1.82, 2.24) is 4.90 Å². The quantitative estimate of drug-likeness (QED) is 0.910. The second-order valence-corrected chi connectivity index (χ2v) is 5.11. The lowest BCUT2D eigenvalue weighted by Gasteiger charge is -2.16. The predicted octanol–water partition coefficient (Wildman–Crippen LogP) is 3.02. The number of hydrogen-bond donors (Lipinski definition) is 1. The summed E-state index contributed by atoms with van der Waals surface area (Å²) in [6.45, 7) is 2.09. The van der Waals surface area contributed by atoms with Crippen LogP contribution in [0.5, 0.6) is 0 Å². The second-order valence-electron chi connectivity index (χ2n) is 5.11. The molecule has 2 aromatic rings. The third-order valence-corrected chi connectivity index (χ3v) is 3.02. The van der Waals surface area contributed by atoms with Gasteiger partial charge in [-0.05, 0) is 37.3 Å². The first-order valence-electron chi connectivity index (χ1n) is 6.67. The van der Waals surface area contributed by atoms with Crippen molar-refractivity contribution in [2.75, 3.05) is 19.4 Å². The molecule has 1 amide bonds. The third-order valence-electron chi connectivity index (χ3n) is 3.02. The fourth-order valence-corrected chi connectivity index (χ4v) is 2.07. The van der Waals surface area contributed by atoms with Gasteiger partial charge in [-0.2, -0.15) is 0 Å². The van der Waals surface area contributed by atoms with Gasteiger partial charge in [-0.15, -0.1) is 0 Å². The number of benzene rings is 1. The molecule has 0 spiro atoms. The molecule has 1 unspecified atom stereocenters. The van der Waals surface area contributed by atoms with Crippen LogP contribution in [0.1, 0.15) is 23.0 Å². The van der Waals surface area contributed by atoms with Crippen LogP contribution in [-0.4, -0.2) is 30.9 Å². The van der Waals surface area contributed by atoms with E-state index in [2.05, 4.69) is 12.2 Å². The van der Waals surface area contributed by atoms with Crippen molar-refractivity contribution in [1.29, 1.82) is 0 Å². The minimum atomic E-state index is 0.00679. The van der Waals surface area contributed by atoms with E-state index in [4.69, 9.17) is 4.42 Å². The van der Waals surface area contributed by atoms with Gasteiger partial charge in [0.2, 0.25) is 0 Å². The SMILES string of the molecule is CC(Cc1ccco1)Nc1cccc(C(=O)N(C)C)c1. The van der Waals surface area contributed by atoms with Crippen LogP contribution in [0.4, 0.5) is 5.69 Å². The van der Waals surface area contributed by atoms with Crippen LogP contribution in [0.25, 0.3) is 0 Å². The van der Waals surface area contributed by atoms with Crippen LogP contribution in [0, 0.1) is 0 Å². The molecule has 0 bridgehead atoms. The molecule has 2 rings (SSSR count). The zero-order valence-corrected chi connectivity index (χ0v) is 12.1. The lowest BCUT2D eigenvalue weighted by Crippen LogP contribution is -2.22. The molecule has 0 aliphatic carbocycles. The Bertz CT molecular complexity index is 562. The highest BCUT2D eigenvalue weighted by Crippen LogP contribution is 2.15. The van der Waals surface area contributed by atoms with Crippen molar-refractivity contribution in [3.8, 4) is 0 Å². The first-order valence-corrected chi connectivity index (χ1v) is 6.67. The average molecular weight is 272 g/mol. The number of anilines is 1. The van der Waals surface area contributed by atoms with Crippen molar-refractivity contribution in [2.45, 2.75) is 19.4 Å². The molecular weight excluding hydrogens is 252 g/mol. The minimum Gasteiger partial charge on any atom is -0.469 e. The molecule has 0 aliphatic heterocycles. The zero-order chi connectivity index (χ0) is 14.5. The molecule has 4 nitrogen and oxygen atoms in total. The van der Waals surface area contributed by atoms with Gasteiger partial charge in [-0.25, -0.2) is 0 Å². The van der Waals surface area contributed by atoms with Crippen LogP contribution in [-0.2, 0) is 6.42 Å². The summed E-state index contributed by atoms with van der Waals surface area (Å²) in [7, 11) is 3.50. The topological polar surface area (TPSA) is 45.5 Å². The summed E-state index contributed by atoms with van der Waals surface area (Å²) in [6, 6.07) is 11.6. The van der Waals surface area contributed by atoms with Crippen LogP contribution >= 0.6 is 0 Å². The van der Waals surface area contributed by atoms with Crippen LogP contribution < -0.4 is 5.32 Å². The number of carbonyl (C=O) groups is 1. The van der Waals surface area contributed by atoms with Gasteiger partial charge in [0.15, 0.2) is 0 Å². The minimum absolute atomic E-state index is 0.00679. The molecule has 0 fully saturated rings. The summed E-state index contributed by atoms with van der Waals surface area (Å²) in [5.74, 6) is 0.956. The Labute approximate surface area is 119 Å². The summed E-state index contributed by atoms with van der Waals surface area (Å²) >= 11 is 0. The van der Waals surface area contributed by atoms with Crippen molar-refractivity contribution < 1.29 is 9.21 Å². The lowest BCUT2D eigenvalue weighted by atomic mass is 10.1. The van der Waals surface area contributed by atoms with Gasteiger partial charge in [-0.3, -0.25) is 4.79 Å². The highest BCUT2D eigenvalue weighted by molar-refractivity contribution is 5.94. The van der Waals surface area contributed by atoms with E-state index in [0.29, 0.717) is 5.56 Å². The van der Waals surface area contributed by atoms with Gasteiger partial charge in [-0.1, -0.05) is 6.07 Å². The molecule has 0 radical (unpaired) electrons. The number of hydrogen-bond acceptors (Lipinski definition) is 3. The van der Waals surface area contributed by atoms with E-state index in [9.17, 15) is 4.79 Å². The molecule has 4 heteroatoms. The number of furan rings is 1. The number of rotatable bonds is 5. The molecule has 20 heavy (non-hydrogen) atoms. The van der Waals surface area contributed by atoms with E-state index in [-0.39, 0.29) is 11.9 Å².